The zero-order valence-electron chi connectivity index (χ0n) is 8.71. The van der Waals surface area contributed by atoms with Crippen LogP contribution in [0.4, 0.5) is 0 Å². The third-order valence-electron chi connectivity index (χ3n) is 3.97. The molecule has 2 fully saturated rings. The lowest BCUT2D eigenvalue weighted by Crippen LogP contribution is -2.46. The highest BCUT2D eigenvalue weighted by Gasteiger charge is 2.29. The van der Waals surface area contributed by atoms with Crippen LogP contribution >= 0.6 is 0 Å². The average Bonchev–Trinajstić information content (AvgIpc) is 2.02. The first-order chi connectivity index (χ1) is 6.27. The van der Waals surface area contributed by atoms with Crippen LogP contribution in [0.5, 0.6) is 0 Å². The number of rotatable bonds is 2. The predicted molar refractivity (Wildman–Crippen MR) is 55.6 cm³/mol. The summed E-state index contributed by atoms with van der Waals surface area (Å²) in [7, 11) is 2.31. The fraction of sp³-hybridized carbons (Fsp3) is 1.00. The Labute approximate surface area is 81.5 Å². The van der Waals surface area contributed by atoms with Crippen LogP contribution < -0.4 is 5.73 Å². The second kappa shape index (κ2) is 3.97. The van der Waals surface area contributed by atoms with Crippen molar-refractivity contribution in [3.05, 3.63) is 0 Å². The minimum Gasteiger partial charge on any atom is -0.328 e. The summed E-state index contributed by atoms with van der Waals surface area (Å²) in [5.41, 5.74) is 5.90. The van der Waals surface area contributed by atoms with Crippen molar-refractivity contribution in [1.82, 2.24) is 4.90 Å². The molecule has 0 aromatic rings. The van der Waals surface area contributed by atoms with Gasteiger partial charge in [-0.15, -0.1) is 0 Å². The minimum atomic E-state index is 0.492. The molecule has 0 unspecified atom stereocenters. The molecule has 2 rings (SSSR count). The predicted octanol–water partition coefficient (Wildman–Crippen LogP) is 1.74. The van der Waals surface area contributed by atoms with Crippen LogP contribution in [0.3, 0.4) is 0 Å². The van der Waals surface area contributed by atoms with E-state index in [-0.39, 0.29) is 0 Å². The van der Waals surface area contributed by atoms with E-state index in [0.717, 1.165) is 12.1 Å². The van der Waals surface area contributed by atoms with Gasteiger partial charge in [0.05, 0.1) is 0 Å². The zero-order chi connectivity index (χ0) is 9.26. The van der Waals surface area contributed by atoms with Crippen molar-refractivity contribution in [2.24, 2.45) is 5.73 Å². The van der Waals surface area contributed by atoms with Crippen molar-refractivity contribution >= 4 is 0 Å². The molecule has 2 aliphatic rings. The zero-order valence-corrected chi connectivity index (χ0v) is 8.71. The molecule has 0 saturated heterocycles. The number of nitrogens with two attached hydrogens (primary N) is 1. The standard InChI is InChI=1S/C11H22N2/c1-13(10-3-2-4-10)11-7-5-9(12)6-8-11/h9-11H,2-8,12H2,1H3. The van der Waals surface area contributed by atoms with E-state index >= 15 is 0 Å². The lowest BCUT2D eigenvalue weighted by Gasteiger charge is -2.42. The summed E-state index contributed by atoms with van der Waals surface area (Å²) in [5.74, 6) is 0. The number of hydrogen-bond donors (Lipinski definition) is 1. The van der Waals surface area contributed by atoms with E-state index in [4.69, 9.17) is 5.73 Å². The fourth-order valence-corrected chi connectivity index (χ4v) is 2.60. The Balaban J connectivity index is 1.79. The molecule has 0 radical (unpaired) electrons. The van der Waals surface area contributed by atoms with Crippen molar-refractivity contribution in [1.29, 1.82) is 0 Å². The van der Waals surface area contributed by atoms with Gasteiger partial charge in [0.25, 0.3) is 0 Å². The Morgan fingerprint density at radius 1 is 0.923 bits per heavy atom. The molecule has 0 aromatic carbocycles. The van der Waals surface area contributed by atoms with Gasteiger partial charge in [-0.3, -0.25) is 0 Å². The van der Waals surface area contributed by atoms with Crippen LogP contribution in [0.25, 0.3) is 0 Å². The Hall–Kier alpha value is -0.0800. The monoisotopic (exact) mass is 182 g/mol. The highest BCUT2D eigenvalue weighted by atomic mass is 15.2. The Bertz CT molecular complexity index is 157. The molecule has 0 heterocycles. The van der Waals surface area contributed by atoms with Gasteiger partial charge in [-0.25, -0.2) is 0 Å². The number of hydrogen-bond acceptors (Lipinski definition) is 2. The summed E-state index contributed by atoms with van der Waals surface area (Å²) in [6.07, 6.45) is 9.44. The molecule has 0 aliphatic heterocycles. The van der Waals surface area contributed by atoms with E-state index in [1.54, 1.807) is 0 Å². The van der Waals surface area contributed by atoms with Crippen molar-refractivity contribution in [2.45, 2.75) is 63.1 Å². The van der Waals surface area contributed by atoms with Crippen LogP contribution in [-0.4, -0.2) is 30.1 Å². The molecule has 2 N–H and O–H groups in total. The highest BCUT2D eigenvalue weighted by Crippen LogP contribution is 2.30. The normalized spacial score (nSPS) is 36.2. The van der Waals surface area contributed by atoms with Crippen LogP contribution in [0.15, 0.2) is 0 Å². The molecular formula is C11H22N2. The van der Waals surface area contributed by atoms with Gasteiger partial charge in [-0.2, -0.15) is 0 Å². The van der Waals surface area contributed by atoms with Gasteiger partial charge in [0, 0.05) is 18.1 Å². The van der Waals surface area contributed by atoms with E-state index in [1.807, 2.05) is 0 Å². The molecule has 0 spiro atoms. The minimum absolute atomic E-state index is 0.492. The van der Waals surface area contributed by atoms with Crippen LogP contribution in [0.1, 0.15) is 44.9 Å². The van der Waals surface area contributed by atoms with E-state index in [9.17, 15) is 0 Å². The smallest absolute Gasteiger partial charge is 0.00962 e. The molecule has 0 atom stereocenters. The summed E-state index contributed by atoms with van der Waals surface area (Å²) in [4.78, 5) is 2.62. The first kappa shape index (κ1) is 9.47. The largest absolute Gasteiger partial charge is 0.328 e. The Morgan fingerprint density at radius 3 is 1.92 bits per heavy atom. The molecule has 2 heteroatoms. The Morgan fingerprint density at radius 2 is 1.46 bits per heavy atom. The van der Waals surface area contributed by atoms with Gasteiger partial charge in [-0.1, -0.05) is 6.42 Å². The third-order valence-corrected chi connectivity index (χ3v) is 3.97. The second-order valence-electron chi connectivity index (χ2n) is 4.82. The summed E-state index contributed by atoms with van der Waals surface area (Å²) in [6, 6.07) is 2.23. The second-order valence-corrected chi connectivity index (χ2v) is 4.82. The van der Waals surface area contributed by atoms with Gasteiger partial charge in [0.15, 0.2) is 0 Å². The number of nitrogens with zero attached hydrogens (tertiary/aromatic N) is 1. The molecule has 2 saturated carbocycles. The molecule has 76 valence electrons. The topological polar surface area (TPSA) is 29.3 Å². The fourth-order valence-electron chi connectivity index (χ4n) is 2.60. The highest BCUT2D eigenvalue weighted by molar-refractivity contribution is 4.86. The molecule has 0 amide bonds. The van der Waals surface area contributed by atoms with Crippen LogP contribution in [0, 0.1) is 0 Å². The summed E-state index contributed by atoms with van der Waals surface area (Å²) in [6.45, 7) is 0. The van der Waals surface area contributed by atoms with Crippen LogP contribution in [-0.2, 0) is 0 Å². The maximum atomic E-state index is 5.90. The molecule has 0 aromatic heterocycles. The molecule has 13 heavy (non-hydrogen) atoms. The molecule has 0 bridgehead atoms. The maximum Gasteiger partial charge on any atom is 0.00962 e. The molecule has 2 nitrogen and oxygen atoms in total. The first-order valence-electron chi connectivity index (χ1n) is 5.75. The van der Waals surface area contributed by atoms with Gasteiger partial charge >= 0.3 is 0 Å². The lowest BCUT2D eigenvalue weighted by atomic mass is 9.86. The SMILES string of the molecule is CN(C1CCC1)C1CCC(N)CC1. The summed E-state index contributed by atoms with van der Waals surface area (Å²) < 4.78 is 0. The Kier molecular flexibility index (Phi) is 2.89. The van der Waals surface area contributed by atoms with Gasteiger partial charge in [0.2, 0.25) is 0 Å². The van der Waals surface area contributed by atoms with Crippen molar-refractivity contribution in [3.8, 4) is 0 Å². The van der Waals surface area contributed by atoms with Gasteiger partial charge in [-0.05, 0) is 45.6 Å². The summed E-state index contributed by atoms with van der Waals surface area (Å²) >= 11 is 0. The maximum absolute atomic E-state index is 5.90. The van der Waals surface area contributed by atoms with Gasteiger partial charge < -0.3 is 10.6 Å². The molecular weight excluding hydrogens is 160 g/mol. The quantitative estimate of drug-likeness (QED) is 0.705. The van der Waals surface area contributed by atoms with Gasteiger partial charge in [0.1, 0.15) is 0 Å². The van der Waals surface area contributed by atoms with Crippen molar-refractivity contribution in [2.75, 3.05) is 7.05 Å². The van der Waals surface area contributed by atoms with E-state index in [2.05, 4.69) is 11.9 Å². The van der Waals surface area contributed by atoms with Crippen molar-refractivity contribution in [3.63, 3.8) is 0 Å². The molecule has 2 aliphatic carbocycles. The summed E-state index contributed by atoms with van der Waals surface area (Å²) in [5, 5.41) is 0. The lowest BCUT2D eigenvalue weighted by molar-refractivity contribution is 0.0846. The van der Waals surface area contributed by atoms with E-state index < -0.39 is 0 Å². The van der Waals surface area contributed by atoms with E-state index in [1.165, 1.54) is 44.9 Å². The third kappa shape index (κ3) is 2.05. The van der Waals surface area contributed by atoms with E-state index in [0.29, 0.717) is 6.04 Å². The van der Waals surface area contributed by atoms with Crippen molar-refractivity contribution < 1.29 is 0 Å². The first-order valence-corrected chi connectivity index (χ1v) is 5.75. The van der Waals surface area contributed by atoms with Crippen LogP contribution in [0.2, 0.25) is 0 Å². The average molecular weight is 182 g/mol.